The van der Waals surface area contributed by atoms with Crippen LogP contribution in [0.25, 0.3) is 6.08 Å². The summed E-state index contributed by atoms with van der Waals surface area (Å²) in [6.07, 6.45) is 1.47. The molecule has 0 aliphatic rings. The lowest BCUT2D eigenvalue weighted by atomic mass is 10.2. The van der Waals surface area contributed by atoms with Gasteiger partial charge in [-0.1, -0.05) is 0 Å². The molecule has 0 aliphatic carbocycles. The van der Waals surface area contributed by atoms with Crippen molar-refractivity contribution in [3.63, 3.8) is 0 Å². The zero-order chi connectivity index (χ0) is 9.84. The van der Waals surface area contributed by atoms with Gasteiger partial charge in [-0.15, -0.1) is 11.3 Å². The fourth-order valence-corrected chi connectivity index (χ4v) is 2.08. The molecule has 0 unspecified atom stereocenters. The number of nitriles is 1. The lowest BCUT2D eigenvalue weighted by molar-refractivity contribution is -0.114. The number of primary amides is 1. The van der Waals surface area contributed by atoms with Crippen molar-refractivity contribution in [2.45, 2.75) is 0 Å². The van der Waals surface area contributed by atoms with Crippen LogP contribution in [0.4, 0.5) is 0 Å². The number of nitrogens with two attached hydrogens (primary N) is 1. The van der Waals surface area contributed by atoms with Crippen LogP contribution in [-0.2, 0) is 4.79 Å². The molecule has 1 aromatic rings. The summed E-state index contributed by atoms with van der Waals surface area (Å²) in [4.78, 5) is 11.5. The van der Waals surface area contributed by atoms with Crippen molar-refractivity contribution in [3.05, 3.63) is 26.4 Å². The van der Waals surface area contributed by atoms with Gasteiger partial charge in [-0.25, -0.2) is 0 Å². The first-order valence-electron chi connectivity index (χ1n) is 3.29. The molecule has 0 aromatic carbocycles. The quantitative estimate of drug-likeness (QED) is 0.649. The fraction of sp³-hybridized carbons (Fsp3) is 0. The smallest absolute Gasteiger partial charge is 0.259 e. The summed E-state index contributed by atoms with van der Waals surface area (Å²) in [6.45, 7) is 0. The van der Waals surface area contributed by atoms with Crippen molar-refractivity contribution in [3.8, 4) is 6.07 Å². The maximum absolute atomic E-state index is 10.7. The minimum absolute atomic E-state index is 0.0330. The van der Waals surface area contributed by atoms with E-state index in [4.69, 9.17) is 11.0 Å². The van der Waals surface area contributed by atoms with Gasteiger partial charge in [0.25, 0.3) is 5.91 Å². The van der Waals surface area contributed by atoms with Crippen molar-refractivity contribution < 1.29 is 4.79 Å². The van der Waals surface area contributed by atoms with E-state index in [2.05, 4.69) is 15.9 Å². The van der Waals surface area contributed by atoms with Gasteiger partial charge in [0, 0.05) is 14.7 Å². The first-order chi connectivity index (χ1) is 6.13. The average Bonchev–Trinajstić information content (AvgIpc) is 2.46. The number of thiophene rings is 1. The Labute approximate surface area is 87.6 Å². The molecule has 2 N–H and O–H groups in total. The van der Waals surface area contributed by atoms with E-state index in [1.165, 1.54) is 17.4 Å². The van der Waals surface area contributed by atoms with E-state index in [9.17, 15) is 4.79 Å². The van der Waals surface area contributed by atoms with Crippen LogP contribution in [0.15, 0.2) is 21.5 Å². The largest absolute Gasteiger partial charge is 0.365 e. The highest BCUT2D eigenvalue weighted by atomic mass is 79.9. The van der Waals surface area contributed by atoms with E-state index in [0.717, 1.165) is 9.35 Å². The molecule has 3 nitrogen and oxygen atoms in total. The molecule has 0 aliphatic heterocycles. The van der Waals surface area contributed by atoms with Crippen LogP contribution in [0.1, 0.15) is 4.88 Å². The van der Waals surface area contributed by atoms with Gasteiger partial charge in [-0.3, -0.25) is 4.79 Å². The van der Waals surface area contributed by atoms with Crippen LogP contribution in [-0.4, -0.2) is 5.91 Å². The number of carbonyl (C=O) groups is 1. The molecule has 13 heavy (non-hydrogen) atoms. The van der Waals surface area contributed by atoms with Crippen molar-refractivity contribution in [1.29, 1.82) is 5.26 Å². The third kappa shape index (κ3) is 2.68. The molecule has 0 saturated heterocycles. The predicted molar refractivity (Wildman–Crippen MR) is 54.8 cm³/mol. The number of rotatable bonds is 2. The van der Waals surface area contributed by atoms with E-state index >= 15 is 0 Å². The van der Waals surface area contributed by atoms with Crippen LogP contribution in [0.5, 0.6) is 0 Å². The van der Waals surface area contributed by atoms with Gasteiger partial charge >= 0.3 is 0 Å². The molecule has 5 heteroatoms. The Kier molecular flexibility index (Phi) is 3.23. The predicted octanol–water partition coefficient (Wildman–Crippen LogP) is 1.90. The second kappa shape index (κ2) is 4.21. The van der Waals surface area contributed by atoms with Gasteiger partial charge in [0.15, 0.2) is 0 Å². The Morgan fingerprint density at radius 2 is 2.46 bits per heavy atom. The summed E-state index contributed by atoms with van der Waals surface area (Å²) in [5.74, 6) is -0.702. The van der Waals surface area contributed by atoms with E-state index in [-0.39, 0.29) is 5.57 Å². The number of hydrogen-bond donors (Lipinski definition) is 1. The van der Waals surface area contributed by atoms with Crippen LogP contribution < -0.4 is 5.73 Å². The molecule has 0 radical (unpaired) electrons. The van der Waals surface area contributed by atoms with Crippen molar-refractivity contribution in [1.82, 2.24) is 0 Å². The number of carbonyl (C=O) groups excluding carboxylic acids is 1. The third-order valence-corrected chi connectivity index (χ3v) is 2.90. The molecular weight excluding hydrogens is 252 g/mol. The topological polar surface area (TPSA) is 66.9 Å². The standard InChI is InChI=1S/C8H5BrN2OS/c9-6-2-7(13-4-6)1-5(3-10)8(11)12/h1-2,4H,(H2,11,12)/b5-1+. The maximum atomic E-state index is 10.7. The van der Waals surface area contributed by atoms with Gasteiger partial charge in [0.2, 0.25) is 0 Å². The molecule has 1 aromatic heterocycles. The summed E-state index contributed by atoms with van der Waals surface area (Å²) < 4.78 is 0.922. The van der Waals surface area contributed by atoms with Crippen LogP contribution >= 0.6 is 27.3 Å². The summed E-state index contributed by atoms with van der Waals surface area (Å²) in [6, 6.07) is 3.55. The molecule has 1 rings (SSSR count). The van der Waals surface area contributed by atoms with E-state index in [0.29, 0.717) is 0 Å². The molecule has 1 amide bonds. The summed E-state index contributed by atoms with van der Waals surface area (Å²) in [5.41, 5.74) is 4.93. The Morgan fingerprint density at radius 1 is 1.77 bits per heavy atom. The number of halogens is 1. The Balaban J connectivity index is 3.00. The zero-order valence-corrected chi connectivity index (χ0v) is 8.85. The highest BCUT2D eigenvalue weighted by molar-refractivity contribution is 9.10. The Hall–Kier alpha value is -1.12. The van der Waals surface area contributed by atoms with E-state index in [1.54, 1.807) is 6.07 Å². The Bertz CT molecular complexity index is 403. The molecular formula is C8H5BrN2OS. The molecule has 66 valence electrons. The van der Waals surface area contributed by atoms with Gasteiger partial charge < -0.3 is 5.73 Å². The highest BCUT2D eigenvalue weighted by Gasteiger charge is 2.03. The molecule has 0 bridgehead atoms. The van der Waals surface area contributed by atoms with E-state index in [1.807, 2.05) is 11.4 Å². The second-order valence-corrected chi connectivity index (χ2v) is 4.06. The highest BCUT2D eigenvalue weighted by Crippen LogP contribution is 2.21. The van der Waals surface area contributed by atoms with Gasteiger partial charge in [-0.05, 0) is 28.1 Å². The first kappa shape index (κ1) is 9.96. The van der Waals surface area contributed by atoms with Crippen LogP contribution in [0, 0.1) is 11.3 Å². The zero-order valence-electron chi connectivity index (χ0n) is 6.45. The van der Waals surface area contributed by atoms with Gasteiger partial charge in [-0.2, -0.15) is 5.26 Å². The van der Waals surface area contributed by atoms with Crippen molar-refractivity contribution in [2.75, 3.05) is 0 Å². The molecule has 1 heterocycles. The average molecular weight is 257 g/mol. The molecule has 0 saturated carbocycles. The monoisotopic (exact) mass is 256 g/mol. The minimum Gasteiger partial charge on any atom is -0.365 e. The van der Waals surface area contributed by atoms with Gasteiger partial charge in [0.1, 0.15) is 11.6 Å². The maximum Gasteiger partial charge on any atom is 0.259 e. The first-order valence-corrected chi connectivity index (χ1v) is 4.96. The van der Waals surface area contributed by atoms with Crippen LogP contribution in [0.2, 0.25) is 0 Å². The van der Waals surface area contributed by atoms with Crippen LogP contribution in [0.3, 0.4) is 0 Å². The number of nitrogens with zero attached hydrogens (tertiary/aromatic N) is 1. The second-order valence-electron chi connectivity index (χ2n) is 2.20. The fourth-order valence-electron chi connectivity index (χ4n) is 0.705. The Morgan fingerprint density at radius 3 is 2.85 bits per heavy atom. The SMILES string of the molecule is N#C/C(=C\c1cc(Br)cs1)C(N)=O. The van der Waals surface area contributed by atoms with Gasteiger partial charge in [0.05, 0.1) is 0 Å². The molecule has 0 spiro atoms. The summed E-state index contributed by atoms with van der Waals surface area (Å²) >= 11 is 4.69. The van der Waals surface area contributed by atoms with Crippen molar-refractivity contribution in [2.24, 2.45) is 5.73 Å². The summed E-state index contributed by atoms with van der Waals surface area (Å²) in [5, 5.41) is 10.4. The lowest BCUT2D eigenvalue weighted by Gasteiger charge is -1.87. The number of hydrogen-bond acceptors (Lipinski definition) is 3. The normalized spacial score (nSPS) is 10.9. The van der Waals surface area contributed by atoms with E-state index < -0.39 is 5.91 Å². The lowest BCUT2D eigenvalue weighted by Crippen LogP contribution is -2.12. The third-order valence-electron chi connectivity index (χ3n) is 1.26. The minimum atomic E-state index is -0.702. The summed E-state index contributed by atoms with van der Waals surface area (Å²) in [7, 11) is 0. The number of amides is 1. The molecule has 0 fully saturated rings. The molecule has 0 atom stereocenters. The van der Waals surface area contributed by atoms with Crippen molar-refractivity contribution >= 4 is 39.2 Å².